The fourth-order valence-corrected chi connectivity index (χ4v) is 4.48. The Morgan fingerprint density at radius 3 is 2.80 bits per heavy atom. The van der Waals surface area contributed by atoms with E-state index in [1.807, 2.05) is 0 Å². The van der Waals surface area contributed by atoms with Crippen molar-refractivity contribution in [2.24, 2.45) is 0 Å². The van der Waals surface area contributed by atoms with Gasteiger partial charge in [-0.05, 0) is 64.6 Å². The van der Waals surface area contributed by atoms with E-state index in [2.05, 4.69) is 29.2 Å². The van der Waals surface area contributed by atoms with Gasteiger partial charge in [0.25, 0.3) is 5.56 Å². The summed E-state index contributed by atoms with van der Waals surface area (Å²) in [6, 6.07) is 3.13. The van der Waals surface area contributed by atoms with Crippen LogP contribution in [-0.2, 0) is 17.6 Å². The molecule has 2 unspecified atom stereocenters. The lowest BCUT2D eigenvalue weighted by molar-refractivity contribution is 0.149. The van der Waals surface area contributed by atoms with Crippen LogP contribution in [0, 0.1) is 0 Å². The summed E-state index contributed by atoms with van der Waals surface area (Å²) in [4.78, 5) is 15.1. The van der Waals surface area contributed by atoms with Crippen LogP contribution < -0.4 is 10.9 Å². The average Bonchev–Trinajstić information content (AvgIpc) is 3.23. The van der Waals surface area contributed by atoms with Gasteiger partial charge in [0.1, 0.15) is 0 Å². The third-order valence-electron chi connectivity index (χ3n) is 6.06. The van der Waals surface area contributed by atoms with Crippen molar-refractivity contribution in [2.75, 3.05) is 26.3 Å². The molecule has 3 aliphatic rings. The second-order valence-corrected chi connectivity index (χ2v) is 8.03. The molecule has 0 bridgehead atoms. The van der Waals surface area contributed by atoms with Gasteiger partial charge in [-0.25, -0.2) is 4.68 Å². The van der Waals surface area contributed by atoms with E-state index in [-0.39, 0.29) is 17.6 Å². The number of nitrogens with one attached hydrogen (secondary N) is 1. The van der Waals surface area contributed by atoms with Crippen LogP contribution in [0.3, 0.4) is 0 Å². The number of ether oxygens (including phenoxy) is 1. The first-order chi connectivity index (χ1) is 12.1. The quantitative estimate of drug-likeness (QED) is 0.886. The fraction of sp³-hybridized carbons (Fsp3) is 0.789. The largest absolute Gasteiger partial charge is 0.377 e. The maximum Gasteiger partial charge on any atom is 0.267 e. The highest BCUT2D eigenvalue weighted by Crippen LogP contribution is 2.23. The fourth-order valence-electron chi connectivity index (χ4n) is 4.48. The van der Waals surface area contributed by atoms with Crippen molar-refractivity contribution in [1.82, 2.24) is 20.0 Å². The highest BCUT2D eigenvalue weighted by molar-refractivity contribution is 5.22. The molecule has 3 heterocycles. The molecule has 0 saturated carbocycles. The smallest absolute Gasteiger partial charge is 0.267 e. The van der Waals surface area contributed by atoms with Crippen LogP contribution in [0.2, 0.25) is 0 Å². The van der Waals surface area contributed by atoms with Crippen molar-refractivity contribution >= 4 is 0 Å². The number of rotatable bonds is 4. The Labute approximate surface area is 149 Å². The number of aryl methyl sites for hydroxylation is 2. The second-order valence-electron chi connectivity index (χ2n) is 8.03. The zero-order valence-corrected chi connectivity index (χ0v) is 15.4. The van der Waals surface area contributed by atoms with Crippen molar-refractivity contribution in [3.05, 3.63) is 27.7 Å². The van der Waals surface area contributed by atoms with Crippen LogP contribution in [0.15, 0.2) is 10.9 Å². The molecule has 0 spiro atoms. The van der Waals surface area contributed by atoms with E-state index in [0.717, 1.165) is 56.5 Å². The Bertz CT molecular complexity index is 664. The lowest BCUT2D eigenvalue weighted by atomic mass is 10.0. The van der Waals surface area contributed by atoms with Crippen LogP contribution in [0.25, 0.3) is 0 Å². The molecule has 0 aromatic carbocycles. The number of hydrogen-bond donors (Lipinski definition) is 1. The number of likely N-dealkylation sites (tertiary alicyclic amines) is 1. The van der Waals surface area contributed by atoms with E-state index in [0.29, 0.717) is 25.3 Å². The van der Waals surface area contributed by atoms with E-state index >= 15 is 0 Å². The van der Waals surface area contributed by atoms with Gasteiger partial charge < -0.3 is 15.0 Å². The summed E-state index contributed by atoms with van der Waals surface area (Å²) in [6.07, 6.45) is 5.43. The molecule has 0 radical (unpaired) electrons. The van der Waals surface area contributed by atoms with E-state index in [4.69, 9.17) is 4.74 Å². The summed E-state index contributed by atoms with van der Waals surface area (Å²) < 4.78 is 7.42. The van der Waals surface area contributed by atoms with Crippen LogP contribution in [0.1, 0.15) is 50.4 Å². The Morgan fingerprint density at radius 1 is 1.24 bits per heavy atom. The molecule has 2 aliphatic heterocycles. The third kappa shape index (κ3) is 3.52. The van der Waals surface area contributed by atoms with Crippen molar-refractivity contribution in [3.63, 3.8) is 0 Å². The zero-order valence-electron chi connectivity index (χ0n) is 15.4. The van der Waals surface area contributed by atoms with Crippen molar-refractivity contribution < 1.29 is 4.74 Å². The van der Waals surface area contributed by atoms with Crippen molar-refractivity contribution in [3.8, 4) is 0 Å². The van der Waals surface area contributed by atoms with E-state index in [1.165, 1.54) is 0 Å². The summed E-state index contributed by atoms with van der Waals surface area (Å²) in [5.74, 6) is 0. The second kappa shape index (κ2) is 7.17. The van der Waals surface area contributed by atoms with Crippen molar-refractivity contribution in [2.45, 2.75) is 70.1 Å². The Hall–Kier alpha value is -1.24. The van der Waals surface area contributed by atoms with Crippen molar-refractivity contribution in [1.29, 1.82) is 0 Å². The predicted octanol–water partition coefficient (Wildman–Crippen LogP) is 1.13. The van der Waals surface area contributed by atoms with Gasteiger partial charge in [-0.15, -0.1) is 0 Å². The van der Waals surface area contributed by atoms with Gasteiger partial charge in [0.05, 0.1) is 31.0 Å². The molecule has 6 heteroatoms. The van der Waals surface area contributed by atoms with Gasteiger partial charge in [0.2, 0.25) is 0 Å². The lowest BCUT2D eigenvalue weighted by Crippen LogP contribution is -2.50. The summed E-state index contributed by atoms with van der Waals surface area (Å²) in [5, 5.41) is 8.46. The molecule has 2 atom stereocenters. The highest BCUT2D eigenvalue weighted by atomic mass is 16.5. The molecule has 1 aromatic rings. The van der Waals surface area contributed by atoms with Crippen LogP contribution in [-0.4, -0.2) is 59.1 Å². The predicted molar refractivity (Wildman–Crippen MR) is 97.0 cm³/mol. The minimum Gasteiger partial charge on any atom is -0.377 e. The van der Waals surface area contributed by atoms with E-state index in [9.17, 15) is 4.79 Å². The van der Waals surface area contributed by atoms with Gasteiger partial charge in [-0.2, -0.15) is 5.10 Å². The Balaban J connectivity index is 1.44. The normalized spacial score (nSPS) is 28.0. The standard InChI is InChI=1S/C19H30N4O2/c1-13(2)22-8-6-15(7-9-22)20-17-11-25-12-18(17)23-19(24)10-14-4-3-5-16(14)21-23/h10,13,15,17-18,20H,3-9,11-12H2,1-2H3. The van der Waals surface area contributed by atoms with Gasteiger partial charge in [0, 0.05) is 18.2 Å². The monoisotopic (exact) mass is 346 g/mol. The molecule has 138 valence electrons. The first-order valence-electron chi connectivity index (χ1n) is 9.81. The molecular formula is C19H30N4O2. The van der Waals surface area contributed by atoms with Gasteiger partial charge in [-0.1, -0.05) is 0 Å². The molecule has 1 N–H and O–H groups in total. The number of fused-ring (bicyclic) bond motifs is 1. The van der Waals surface area contributed by atoms with Gasteiger partial charge in [-0.3, -0.25) is 4.79 Å². The molecule has 2 fully saturated rings. The average molecular weight is 346 g/mol. The molecular weight excluding hydrogens is 316 g/mol. The first-order valence-corrected chi connectivity index (χ1v) is 9.81. The topological polar surface area (TPSA) is 59.4 Å². The maximum atomic E-state index is 12.5. The van der Waals surface area contributed by atoms with Crippen LogP contribution in [0.4, 0.5) is 0 Å². The summed E-state index contributed by atoms with van der Waals surface area (Å²) in [5.41, 5.74) is 2.28. The van der Waals surface area contributed by atoms with Crippen LogP contribution >= 0.6 is 0 Å². The number of hydrogen-bond acceptors (Lipinski definition) is 5. The first kappa shape index (κ1) is 17.2. The molecule has 4 rings (SSSR count). The van der Waals surface area contributed by atoms with E-state index < -0.39 is 0 Å². The zero-order chi connectivity index (χ0) is 17.4. The number of nitrogens with zero attached hydrogens (tertiary/aromatic N) is 3. The molecule has 0 amide bonds. The molecule has 1 aromatic heterocycles. The Morgan fingerprint density at radius 2 is 2.04 bits per heavy atom. The lowest BCUT2D eigenvalue weighted by Gasteiger charge is -2.36. The minimum absolute atomic E-state index is 0.0153. The maximum absolute atomic E-state index is 12.5. The summed E-state index contributed by atoms with van der Waals surface area (Å²) in [7, 11) is 0. The molecule has 1 aliphatic carbocycles. The summed E-state index contributed by atoms with van der Waals surface area (Å²) in [6.45, 7) is 8.06. The summed E-state index contributed by atoms with van der Waals surface area (Å²) >= 11 is 0. The minimum atomic E-state index is 0.0153. The SMILES string of the molecule is CC(C)N1CCC(NC2COCC2n2nc3c(cc2=O)CCC3)CC1. The van der Waals surface area contributed by atoms with Gasteiger partial charge >= 0.3 is 0 Å². The van der Waals surface area contributed by atoms with Gasteiger partial charge in [0.15, 0.2) is 0 Å². The number of aromatic nitrogens is 2. The Kier molecular flexibility index (Phi) is 4.93. The highest BCUT2D eigenvalue weighted by Gasteiger charge is 2.34. The number of piperidine rings is 1. The van der Waals surface area contributed by atoms with Crippen LogP contribution in [0.5, 0.6) is 0 Å². The molecule has 2 saturated heterocycles. The molecule has 25 heavy (non-hydrogen) atoms. The third-order valence-corrected chi connectivity index (χ3v) is 6.06. The molecule has 6 nitrogen and oxygen atoms in total. The van der Waals surface area contributed by atoms with E-state index in [1.54, 1.807) is 10.7 Å².